The molecule has 2 heterocycles. The number of hydrazone groups is 1. The Morgan fingerprint density at radius 2 is 2.00 bits per heavy atom. The van der Waals surface area contributed by atoms with Crippen LogP contribution in [0.1, 0.15) is 25.8 Å². The van der Waals surface area contributed by atoms with E-state index in [0.717, 1.165) is 24.2 Å². The molecule has 130 valence electrons. The highest BCUT2D eigenvalue weighted by atomic mass is 32.2. The summed E-state index contributed by atoms with van der Waals surface area (Å²) in [6.07, 6.45) is 5.52. The van der Waals surface area contributed by atoms with Gasteiger partial charge in [-0.15, -0.1) is 0 Å². The number of likely N-dealkylation sites (N-methyl/N-ethyl adjacent to an activating group) is 1. The minimum absolute atomic E-state index is 0.140. The molecule has 0 aromatic heterocycles. The highest BCUT2D eigenvalue weighted by Gasteiger charge is 2.43. The molecule has 3 unspecified atom stereocenters. The van der Waals surface area contributed by atoms with Gasteiger partial charge in [-0.3, -0.25) is 4.90 Å². The second-order valence-electron chi connectivity index (χ2n) is 7.39. The van der Waals surface area contributed by atoms with Crippen LogP contribution in [0.15, 0.2) is 46.4 Å². The number of hydrogen-bond donors (Lipinski definition) is 1. The summed E-state index contributed by atoms with van der Waals surface area (Å²) in [7, 11) is -1.51. The van der Waals surface area contributed by atoms with Crippen LogP contribution >= 0.6 is 0 Å². The molecule has 3 aliphatic rings. The van der Waals surface area contributed by atoms with Crippen molar-refractivity contribution in [1.82, 2.24) is 9.73 Å². The Morgan fingerprint density at radius 3 is 2.58 bits per heavy atom. The number of piperidine rings is 1. The van der Waals surface area contributed by atoms with Crippen LogP contribution in [0.2, 0.25) is 0 Å². The average molecular weight is 347 g/mol. The Labute approximate surface area is 144 Å². The molecule has 2 aliphatic heterocycles. The summed E-state index contributed by atoms with van der Waals surface area (Å²) in [5.41, 5.74) is 1.99. The predicted molar refractivity (Wildman–Crippen MR) is 96.4 cm³/mol. The minimum atomic E-state index is -3.62. The van der Waals surface area contributed by atoms with Gasteiger partial charge >= 0.3 is 0 Å². The third kappa shape index (κ3) is 3.26. The summed E-state index contributed by atoms with van der Waals surface area (Å²) in [6.45, 7) is 7.11. The third-order valence-corrected chi connectivity index (χ3v) is 6.35. The molecule has 1 N–H and O–H groups in total. The van der Waals surface area contributed by atoms with Crippen LogP contribution in [0.3, 0.4) is 0 Å². The standard InChI is InChI=1S/C18H25N3O2S/c1-13-5-7-15(8-6-13)24(22,23)20-19-14(2)16-11-18(3)10-9-17(16)21(4)12-18/h5-10,16-17,20H,11-12H2,1-4H3/b19-14+. The van der Waals surface area contributed by atoms with Crippen molar-refractivity contribution in [3.63, 3.8) is 0 Å². The zero-order chi connectivity index (χ0) is 17.5. The first-order valence-corrected chi connectivity index (χ1v) is 9.71. The first kappa shape index (κ1) is 17.2. The van der Waals surface area contributed by atoms with Crippen molar-refractivity contribution in [2.24, 2.45) is 16.4 Å². The monoisotopic (exact) mass is 347 g/mol. The Hall–Kier alpha value is -1.66. The maximum Gasteiger partial charge on any atom is 0.276 e. The normalized spacial score (nSPS) is 30.6. The topological polar surface area (TPSA) is 61.8 Å². The fourth-order valence-corrected chi connectivity index (χ4v) is 4.65. The zero-order valence-electron chi connectivity index (χ0n) is 14.7. The van der Waals surface area contributed by atoms with Gasteiger partial charge in [0.25, 0.3) is 10.0 Å². The van der Waals surface area contributed by atoms with Gasteiger partial charge in [0.2, 0.25) is 0 Å². The van der Waals surface area contributed by atoms with Crippen LogP contribution in [-0.4, -0.2) is 38.7 Å². The lowest BCUT2D eigenvalue weighted by molar-refractivity contribution is 0.0848. The van der Waals surface area contributed by atoms with E-state index in [2.05, 4.69) is 41.0 Å². The first-order valence-electron chi connectivity index (χ1n) is 8.22. The van der Waals surface area contributed by atoms with Crippen LogP contribution in [0.4, 0.5) is 0 Å². The maximum atomic E-state index is 12.4. The molecule has 1 aromatic rings. The Morgan fingerprint density at radius 1 is 1.33 bits per heavy atom. The van der Waals surface area contributed by atoms with Crippen molar-refractivity contribution >= 4 is 15.7 Å². The maximum absolute atomic E-state index is 12.4. The summed E-state index contributed by atoms with van der Waals surface area (Å²) >= 11 is 0. The van der Waals surface area contributed by atoms with Crippen LogP contribution in [0.25, 0.3) is 0 Å². The molecule has 0 saturated carbocycles. The molecule has 1 fully saturated rings. The van der Waals surface area contributed by atoms with Gasteiger partial charge in [-0.2, -0.15) is 13.5 Å². The number of nitrogens with one attached hydrogen (secondary N) is 1. The van der Waals surface area contributed by atoms with E-state index < -0.39 is 10.0 Å². The zero-order valence-corrected chi connectivity index (χ0v) is 15.5. The molecule has 4 rings (SSSR count). The molecule has 5 nitrogen and oxygen atoms in total. The van der Waals surface area contributed by atoms with Gasteiger partial charge in [-0.1, -0.05) is 36.8 Å². The van der Waals surface area contributed by atoms with E-state index in [9.17, 15) is 8.42 Å². The molecular formula is C18H25N3O2S. The highest BCUT2D eigenvalue weighted by Crippen LogP contribution is 2.42. The van der Waals surface area contributed by atoms with Gasteiger partial charge in [0.15, 0.2) is 0 Å². The quantitative estimate of drug-likeness (QED) is 0.517. The summed E-state index contributed by atoms with van der Waals surface area (Å²) < 4.78 is 24.8. The number of hydrogen-bond acceptors (Lipinski definition) is 4. The van der Waals surface area contributed by atoms with E-state index in [1.54, 1.807) is 24.3 Å². The van der Waals surface area contributed by atoms with Crippen molar-refractivity contribution < 1.29 is 8.42 Å². The molecule has 0 spiro atoms. The van der Waals surface area contributed by atoms with Crippen LogP contribution < -0.4 is 4.83 Å². The fourth-order valence-electron chi connectivity index (χ4n) is 3.78. The lowest BCUT2D eigenvalue weighted by atomic mass is 9.67. The number of rotatable bonds is 4. The van der Waals surface area contributed by atoms with E-state index >= 15 is 0 Å². The average Bonchev–Trinajstić information content (AvgIpc) is 2.52. The van der Waals surface area contributed by atoms with E-state index in [1.807, 2.05) is 13.8 Å². The molecule has 3 atom stereocenters. The minimum Gasteiger partial charge on any atom is -0.298 e. The summed E-state index contributed by atoms with van der Waals surface area (Å²) in [5, 5.41) is 4.22. The van der Waals surface area contributed by atoms with Crippen molar-refractivity contribution in [3.8, 4) is 0 Å². The smallest absolute Gasteiger partial charge is 0.276 e. The van der Waals surface area contributed by atoms with E-state index in [-0.39, 0.29) is 16.2 Å². The SMILES string of the molecule is C/C(=N\NS(=O)(=O)c1ccc(C)cc1)C1CC2(C)C=CC1N(C)C2. The number of fused-ring (bicyclic) bond motifs is 2. The van der Waals surface area contributed by atoms with Gasteiger partial charge < -0.3 is 0 Å². The molecule has 1 aromatic carbocycles. The Bertz CT molecular complexity index is 783. The van der Waals surface area contributed by atoms with E-state index in [1.165, 1.54) is 0 Å². The van der Waals surface area contributed by atoms with Gasteiger partial charge in [0, 0.05) is 24.2 Å². The predicted octanol–water partition coefficient (Wildman–Crippen LogP) is 2.55. The second kappa shape index (κ2) is 6.01. The Kier molecular flexibility index (Phi) is 4.30. The lowest BCUT2D eigenvalue weighted by Gasteiger charge is -2.50. The molecule has 6 heteroatoms. The first-order chi connectivity index (χ1) is 11.2. The van der Waals surface area contributed by atoms with Gasteiger partial charge in [-0.25, -0.2) is 4.83 Å². The van der Waals surface area contributed by atoms with Crippen LogP contribution in [0, 0.1) is 18.3 Å². The summed E-state index contributed by atoms with van der Waals surface area (Å²) in [5.74, 6) is 0.236. The number of benzene rings is 1. The largest absolute Gasteiger partial charge is 0.298 e. The molecule has 0 radical (unpaired) electrons. The van der Waals surface area contributed by atoms with Crippen LogP contribution in [-0.2, 0) is 10.0 Å². The van der Waals surface area contributed by atoms with E-state index in [4.69, 9.17) is 0 Å². The highest BCUT2D eigenvalue weighted by molar-refractivity contribution is 7.89. The molecule has 1 aliphatic carbocycles. The summed E-state index contributed by atoms with van der Waals surface area (Å²) in [6, 6.07) is 7.06. The fraction of sp³-hybridized carbons (Fsp3) is 0.500. The number of sulfonamides is 1. The van der Waals surface area contributed by atoms with Crippen molar-refractivity contribution in [1.29, 1.82) is 0 Å². The van der Waals surface area contributed by atoms with Crippen molar-refractivity contribution in [2.45, 2.75) is 38.1 Å². The van der Waals surface area contributed by atoms with Crippen molar-refractivity contribution in [2.75, 3.05) is 13.6 Å². The second-order valence-corrected chi connectivity index (χ2v) is 9.05. The van der Waals surface area contributed by atoms with Gasteiger partial charge in [0.05, 0.1) is 4.90 Å². The van der Waals surface area contributed by atoms with Crippen molar-refractivity contribution in [3.05, 3.63) is 42.0 Å². The van der Waals surface area contributed by atoms with Gasteiger partial charge in [-0.05, 0) is 44.9 Å². The molecular weight excluding hydrogens is 322 g/mol. The molecule has 1 saturated heterocycles. The van der Waals surface area contributed by atoms with E-state index in [0.29, 0.717) is 6.04 Å². The number of aryl methyl sites for hydroxylation is 1. The molecule has 24 heavy (non-hydrogen) atoms. The molecule has 0 amide bonds. The Balaban J connectivity index is 1.77. The number of nitrogens with zero attached hydrogens (tertiary/aromatic N) is 2. The van der Waals surface area contributed by atoms with Crippen LogP contribution in [0.5, 0.6) is 0 Å². The van der Waals surface area contributed by atoms with Gasteiger partial charge in [0.1, 0.15) is 0 Å². The summed E-state index contributed by atoms with van der Waals surface area (Å²) in [4.78, 5) is 4.95. The lowest BCUT2D eigenvalue weighted by Crippen LogP contribution is -2.54. The molecule has 2 bridgehead atoms. The third-order valence-electron chi connectivity index (χ3n) is 5.12.